The number of aliphatic hydroxyl groups excluding tert-OH is 4. The van der Waals surface area contributed by atoms with Gasteiger partial charge in [-0.25, -0.2) is 4.79 Å². The predicted octanol–water partition coefficient (Wildman–Crippen LogP) is 0.305. The van der Waals surface area contributed by atoms with Gasteiger partial charge in [-0.1, -0.05) is 24.3 Å². The molecule has 37 heavy (non-hydrogen) atoms. The normalized spacial score (nSPS) is 35.9. The summed E-state index contributed by atoms with van der Waals surface area (Å²) < 4.78 is 16.9. The van der Waals surface area contributed by atoms with Gasteiger partial charge in [-0.2, -0.15) is 0 Å². The smallest absolute Gasteiger partial charge is 0.334 e. The summed E-state index contributed by atoms with van der Waals surface area (Å²) in [5, 5.41) is 54.6. The maximum absolute atomic E-state index is 12.2. The number of para-hydroxylation sites is 1. The fourth-order valence-corrected chi connectivity index (χ4v) is 5.64. The third-order valence-corrected chi connectivity index (χ3v) is 7.59. The lowest BCUT2D eigenvalue weighted by atomic mass is 9.78. The summed E-state index contributed by atoms with van der Waals surface area (Å²) in [6.45, 7) is 4.01. The molecular formula is C26H32N2O9. The first-order valence-electron chi connectivity index (χ1n) is 12.3. The first kappa shape index (κ1) is 25.9. The molecule has 11 heteroatoms. The number of aromatic nitrogens is 1. The van der Waals surface area contributed by atoms with Crippen molar-refractivity contribution >= 4 is 16.9 Å². The molecule has 0 aliphatic carbocycles. The Morgan fingerprint density at radius 2 is 1.95 bits per heavy atom. The fourth-order valence-electron chi connectivity index (χ4n) is 5.64. The summed E-state index contributed by atoms with van der Waals surface area (Å²) in [4.78, 5) is 15.6. The summed E-state index contributed by atoms with van der Waals surface area (Å²) in [7, 11) is 0. The molecule has 2 aromatic rings. The summed E-state index contributed by atoms with van der Waals surface area (Å²) in [5.41, 5.74) is 3.30. The number of benzene rings is 1. The number of carbonyl (C=O) groups is 1. The number of hydrogen-bond donors (Lipinski definition) is 7. The van der Waals surface area contributed by atoms with Crippen molar-refractivity contribution in [1.29, 1.82) is 0 Å². The molecule has 0 spiro atoms. The number of fused-ring (bicyclic) bond motifs is 3. The molecule has 1 saturated heterocycles. The third-order valence-electron chi connectivity index (χ3n) is 7.59. The van der Waals surface area contributed by atoms with Gasteiger partial charge in [-0.3, -0.25) is 0 Å². The standard InChI is InChI=1S/C26H32N2O9/c1-2-12-15(9-18-20-14(7-8-27-18)13-5-3-4-6-17(13)28-20)16(24(33)34)11-35-25(12)37-26-23(32)22(31)21(30)19(10-29)36-26/h2-6,11-12,15,18-19,21-23,25-32H,1,7-10H2,(H,33,34)/t12-,15+,18+,19-,21+,22-,23-,25+,26-/m1/s1. The van der Waals surface area contributed by atoms with Crippen LogP contribution in [0.1, 0.15) is 23.7 Å². The summed E-state index contributed by atoms with van der Waals surface area (Å²) in [6, 6.07) is 7.87. The highest BCUT2D eigenvalue weighted by Gasteiger charge is 2.48. The van der Waals surface area contributed by atoms with Crippen LogP contribution in [0.5, 0.6) is 0 Å². The van der Waals surface area contributed by atoms with E-state index in [0.29, 0.717) is 6.42 Å². The third kappa shape index (κ3) is 4.68. The summed E-state index contributed by atoms with van der Waals surface area (Å²) >= 11 is 0. The van der Waals surface area contributed by atoms with Crippen LogP contribution in [-0.2, 0) is 25.4 Å². The molecule has 1 aromatic carbocycles. The second-order valence-corrected chi connectivity index (χ2v) is 9.69. The van der Waals surface area contributed by atoms with Crippen molar-refractivity contribution in [2.45, 2.75) is 55.9 Å². The average Bonchev–Trinajstić information content (AvgIpc) is 3.28. The summed E-state index contributed by atoms with van der Waals surface area (Å²) in [5.74, 6) is -2.36. The molecule has 4 heterocycles. The Kier molecular flexibility index (Phi) is 7.37. The number of carboxylic acid groups (broad SMARTS) is 1. The number of nitrogens with one attached hydrogen (secondary N) is 2. The molecule has 200 valence electrons. The van der Waals surface area contributed by atoms with Gasteiger partial charge in [0.2, 0.25) is 6.29 Å². The van der Waals surface area contributed by atoms with E-state index < -0.39 is 61.4 Å². The number of ether oxygens (including phenoxy) is 3. The highest BCUT2D eigenvalue weighted by atomic mass is 16.8. The Morgan fingerprint density at radius 3 is 2.68 bits per heavy atom. The van der Waals surface area contributed by atoms with Gasteiger partial charge in [0.15, 0.2) is 6.29 Å². The molecule has 5 rings (SSSR count). The van der Waals surface area contributed by atoms with E-state index in [1.807, 2.05) is 18.2 Å². The van der Waals surface area contributed by atoms with Crippen molar-refractivity contribution in [1.82, 2.24) is 10.3 Å². The highest BCUT2D eigenvalue weighted by Crippen LogP contribution is 2.41. The van der Waals surface area contributed by atoms with E-state index >= 15 is 0 Å². The molecule has 0 unspecified atom stereocenters. The average molecular weight is 517 g/mol. The lowest BCUT2D eigenvalue weighted by molar-refractivity contribution is -0.339. The molecule has 3 aliphatic heterocycles. The van der Waals surface area contributed by atoms with Gasteiger partial charge in [0.05, 0.1) is 18.4 Å². The number of aliphatic carboxylic acids is 1. The zero-order chi connectivity index (χ0) is 26.3. The van der Waals surface area contributed by atoms with Crippen LogP contribution in [0.25, 0.3) is 10.9 Å². The molecule has 0 saturated carbocycles. The van der Waals surface area contributed by atoms with Gasteiger partial charge < -0.3 is 50.0 Å². The number of aromatic amines is 1. The first-order chi connectivity index (χ1) is 17.8. The SMILES string of the molecule is C=C[C@H]1[C@H](O[C@H]2O[C@H](CO)[C@H](O)[C@@H](O)[C@H]2O)OC=C(C(=O)O)[C@H]1C[C@@H]1NCCc2c1[nH]c1ccccc21. The quantitative estimate of drug-likeness (QED) is 0.254. The molecule has 0 amide bonds. The van der Waals surface area contributed by atoms with Gasteiger partial charge in [0.1, 0.15) is 24.4 Å². The number of rotatable bonds is 7. The Balaban J connectivity index is 1.41. The highest BCUT2D eigenvalue weighted by molar-refractivity contribution is 5.87. The number of H-pyrrole nitrogens is 1. The van der Waals surface area contributed by atoms with Crippen molar-refractivity contribution in [3.8, 4) is 0 Å². The van der Waals surface area contributed by atoms with Crippen molar-refractivity contribution in [3.63, 3.8) is 0 Å². The zero-order valence-electron chi connectivity index (χ0n) is 20.1. The van der Waals surface area contributed by atoms with Crippen LogP contribution in [-0.4, -0.2) is 86.6 Å². The van der Waals surface area contributed by atoms with E-state index in [0.717, 1.165) is 35.8 Å². The Hall–Kier alpha value is -2.77. The number of aliphatic hydroxyl groups is 4. The maximum atomic E-state index is 12.2. The molecule has 0 bridgehead atoms. The van der Waals surface area contributed by atoms with E-state index in [9.17, 15) is 30.3 Å². The zero-order valence-corrected chi connectivity index (χ0v) is 20.1. The minimum absolute atomic E-state index is 0.0589. The van der Waals surface area contributed by atoms with Crippen LogP contribution in [0.3, 0.4) is 0 Å². The van der Waals surface area contributed by atoms with Crippen LogP contribution in [0.4, 0.5) is 0 Å². The van der Waals surface area contributed by atoms with Crippen LogP contribution in [0, 0.1) is 11.8 Å². The lowest BCUT2D eigenvalue weighted by Crippen LogP contribution is -2.60. The molecule has 0 radical (unpaired) electrons. The fraction of sp³-hybridized carbons (Fsp3) is 0.500. The van der Waals surface area contributed by atoms with Crippen molar-refractivity contribution in [2.75, 3.05) is 13.2 Å². The molecule has 1 fully saturated rings. The molecular weight excluding hydrogens is 484 g/mol. The molecule has 3 aliphatic rings. The van der Waals surface area contributed by atoms with Gasteiger partial charge in [0.25, 0.3) is 0 Å². The van der Waals surface area contributed by atoms with E-state index in [1.54, 1.807) is 6.08 Å². The van der Waals surface area contributed by atoms with Crippen LogP contribution < -0.4 is 5.32 Å². The van der Waals surface area contributed by atoms with Crippen molar-refractivity contribution in [2.24, 2.45) is 11.8 Å². The van der Waals surface area contributed by atoms with E-state index in [4.69, 9.17) is 14.2 Å². The van der Waals surface area contributed by atoms with E-state index in [-0.39, 0.29) is 11.6 Å². The summed E-state index contributed by atoms with van der Waals surface area (Å²) in [6.07, 6.45) is -4.53. The van der Waals surface area contributed by atoms with Crippen molar-refractivity contribution in [3.05, 3.63) is 60.0 Å². The van der Waals surface area contributed by atoms with Crippen molar-refractivity contribution < 1.29 is 44.5 Å². The van der Waals surface area contributed by atoms with Gasteiger partial charge >= 0.3 is 5.97 Å². The van der Waals surface area contributed by atoms with Gasteiger partial charge in [-0.15, -0.1) is 6.58 Å². The van der Waals surface area contributed by atoms with Crippen LogP contribution in [0.2, 0.25) is 0 Å². The van der Waals surface area contributed by atoms with Crippen LogP contribution >= 0.6 is 0 Å². The number of carboxylic acids is 1. The minimum Gasteiger partial charge on any atom is -0.478 e. The maximum Gasteiger partial charge on any atom is 0.334 e. The minimum atomic E-state index is -1.62. The Morgan fingerprint density at radius 1 is 1.16 bits per heavy atom. The lowest BCUT2D eigenvalue weighted by Gasteiger charge is -2.43. The molecule has 7 N–H and O–H groups in total. The largest absolute Gasteiger partial charge is 0.478 e. The Labute approximate surface area is 213 Å². The molecule has 9 atom stereocenters. The van der Waals surface area contributed by atoms with Crippen LogP contribution in [0.15, 0.2) is 48.8 Å². The Bertz CT molecular complexity index is 1180. The van der Waals surface area contributed by atoms with E-state index in [1.165, 1.54) is 5.56 Å². The van der Waals surface area contributed by atoms with E-state index in [2.05, 4.69) is 22.9 Å². The van der Waals surface area contributed by atoms with Gasteiger partial charge in [0, 0.05) is 34.5 Å². The second kappa shape index (κ2) is 10.5. The topological polar surface area (TPSA) is 174 Å². The predicted molar refractivity (Wildman–Crippen MR) is 130 cm³/mol. The monoisotopic (exact) mass is 516 g/mol. The number of hydrogen-bond acceptors (Lipinski definition) is 9. The van der Waals surface area contributed by atoms with Gasteiger partial charge in [-0.05, 0) is 31.0 Å². The second-order valence-electron chi connectivity index (χ2n) is 9.69. The molecule has 11 nitrogen and oxygen atoms in total. The molecule has 1 aromatic heterocycles. The first-order valence-corrected chi connectivity index (χ1v) is 12.3.